The van der Waals surface area contributed by atoms with E-state index in [-0.39, 0.29) is 14.3 Å². The summed E-state index contributed by atoms with van der Waals surface area (Å²) in [5.41, 5.74) is 0.0422. The van der Waals surface area contributed by atoms with Crippen molar-refractivity contribution in [2.45, 2.75) is 90.0 Å². The van der Waals surface area contributed by atoms with E-state index >= 15 is 0 Å². The Morgan fingerprint density at radius 3 is 1.83 bits per heavy atom. The van der Waals surface area contributed by atoms with Crippen LogP contribution in [-0.2, 0) is 9.59 Å². The van der Waals surface area contributed by atoms with E-state index < -0.39 is 18.6 Å². The minimum Gasteiger partial charge on any atom is -0.480 e. The van der Waals surface area contributed by atoms with Gasteiger partial charge in [-0.2, -0.15) is 0 Å². The SMILES string of the molecule is CCCCCCCCCCCCCC(=O)PNC(CO)C(=O)O. The maximum atomic E-state index is 11.6. The second kappa shape index (κ2) is 16.4. The van der Waals surface area contributed by atoms with Gasteiger partial charge in [0.15, 0.2) is 5.52 Å². The largest absolute Gasteiger partial charge is 0.480 e. The molecule has 0 aromatic carbocycles. The lowest BCUT2D eigenvalue weighted by atomic mass is 10.1. The van der Waals surface area contributed by atoms with Crippen LogP contribution in [0.4, 0.5) is 0 Å². The van der Waals surface area contributed by atoms with Gasteiger partial charge in [0, 0.05) is 15.2 Å². The fourth-order valence-electron chi connectivity index (χ4n) is 2.37. The van der Waals surface area contributed by atoms with Crippen molar-refractivity contribution in [1.82, 2.24) is 5.09 Å². The van der Waals surface area contributed by atoms with Crippen molar-refractivity contribution < 1.29 is 19.8 Å². The summed E-state index contributed by atoms with van der Waals surface area (Å²) in [7, 11) is -0.232. The van der Waals surface area contributed by atoms with Gasteiger partial charge in [-0.3, -0.25) is 14.7 Å². The van der Waals surface area contributed by atoms with E-state index in [9.17, 15) is 9.59 Å². The molecule has 0 rings (SSSR count). The Hall–Kier alpha value is -0.510. The minimum atomic E-state index is -1.12. The summed E-state index contributed by atoms with van der Waals surface area (Å²) in [5.74, 6) is -1.12. The Kier molecular flexibility index (Phi) is 16.0. The van der Waals surface area contributed by atoms with Crippen molar-refractivity contribution in [3.05, 3.63) is 0 Å². The number of rotatable bonds is 17. The van der Waals surface area contributed by atoms with Crippen LogP contribution in [0.1, 0.15) is 84.0 Å². The third-order valence-electron chi connectivity index (χ3n) is 3.87. The number of carbonyl (C=O) groups is 2. The Morgan fingerprint density at radius 2 is 1.39 bits per heavy atom. The van der Waals surface area contributed by atoms with Crippen LogP contribution in [-0.4, -0.2) is 34.4 Å². The quantitative estimate of drug-likeness (QED) is 0.275. The van der Waals surface area contributed by atoms with Crippen LogP contribution >= 0.6 is 8.73 Å². The number of carboxylic acid groups (broad SMARTS) is 1. The molecule has 0 aromatic rings. The lowest BCUT2D eigenvalue weighted by Gasteiger charge is -2.10. The van der Waals surface area contributed by atoms with Gasteiger partial charge >= 0.3 is 5.97 Å². The van der Waals surface area contributed by atoms with Crippen molar-refractivity contribution in [3.8, 4) is 0 Å². The van der Waals surface area contributed by atoms with Gasteiger partial charge in [-0.05, 0) is 6.42 Å². The fraction of sp³-hybridized carbons (Fsp3) is 0.882. The normalized spacial score (nSPS) is 12.8. The summed E-state index contributed by atoms with van der Waals surface area (Å²) in [6.45, 7) is 1.74. The van der Waals surface area contributed by atoms with Crippen LogP contribution in [0.15, 0.2) is 0 Å². The van der Waals surface area contributed by atoms with Gasteiger partial charge in [-0.1, -0.05) is 71.1 Å². The van der Waals surface area contributed by atoms with Crippen LogP contribution in [0.25, 0.3) is 0 Å². The summed E-state index contributed by atoms with van der Waals surface area (Å²) in [5, 5.41) is 20.2. The third-order valence-corrected chi connectivity index (χ3v) is 4.90. The molecule has 2 atom stereocenters. The van der Waals surface area contributed by atoms with Gasteiger partial charge in [-0.25, -0.2) is 0 Å². The minimum absolute atomic E-state index is 0.0422. The molecule has 6 heteroatoms. The molecule has 0 aliphatic rings. The van der Waals surface area contributed by atoms with Crippen molar-refractivity contribution in [2.75, 3.05) is 6.61 Å². The first-order valence-corrected chi connectivity index (χ1v) is 9.99. The molecular formula is C17H34NO4P. The highest BCUT2D eigenvalue weighted by Gasteiger charge is 2.16. The molecule has 136 valence electrons. The molecule has 0 aromatic heterocycles. The smallest absolute Gasteiger partial charge is 0.323 e. The third kappa shape index (κ3) is 14.8. The number of nitrogens with one attached hydrogen (secondary N) is 1. The molecule has 0 aliphatic carbocycles. The standard InChI is InChI=1S/C17H34NO4P/c1-2-3-4-5-6-7-8-9-10-11-12-13-16(20)23-18-15(14-19)17(21)22/h15,18-19,23H,2-14H2,1H3,(H,21,22). The number of aliphatic hydroxyl groups is 1. The second-order valence-electron chi connectivity index (χ2n) is 6.05. The number of aliphatic hydroxyl groups excluding tert-OH is 1. The monoisotopic (exact) mass is 347 g/mol. The molecule has 0 saturated heterocycles. The molecule has 23 heavy (non-hydrogen) atoms. The summed E-state index contributed by atoms with van der Waals surface area (Å²) in [6, 6.07) is -1.03. The molecule has 0 bridgehead atoms. The van der Waals surface area contributed by atoms with Gasteiger partial charge in [0.25, 0.3) is 0 Å². The predicted octanol–water partition coefficient (Wildman–Crippen LogP) is 3.84. The number of aliphatic carboxylic acids is 1. The fourth-order valence-corrected chi connectivity index (χ4v) is 3.22. The van der Waals surface area contributed by atoms with Crippen LogP contribution in [0.3, 0.4) is 0 Å². The first kappa shape index (κ1) is 22.5. The summed E-state index contributed by atoms with van der Waals surface area (Å²) >= 11 is 0. The van der Waals surface area contributed by atoms with Crippen LogP contribution in [0.2, 0.25) is 0 Å². The molecule has 5 nitrogen and oxygen atoms in total. The molecule has 0 radical (unpaired) electrons. The molecule has 2 unspecified atom stereocenters. The molecule has 0 saturated carbocycles. The molecule has 0 fully saturated rings. The summed E-state index contributed by atoms with van der Waals surface area (Å²) in [6.07, 6.45) is 14.2. The van der Waals surface area contributed by atoms with Gasteiger partial charge in [0.2, 0.25) is 0 Å². The average molecular weight is 347 g/mol. The van der Waals surface area contributed by atoms with Gasteiger partial charge in [0.05, 0.1) is 6.61 Å². The maximum absolute atomic E-state index is 11.6. The number of hydrogen-bond donors (Lipinski definition) is 3. The highest BCUT2D eigenvalue weighted by atomic mass is 31.1. The van der Waals surface area contributed by atoms with Crippen molar-refractivity contribution in [1.29, 1.82) is 0 Å². The van der Waals surface area contributed by atoms with Gasteiger partial charge in [0.1, 0.15) is 6.04 Å². The van der Waals surface area contributed by atoms with Gasteiger partial charge < -0.3 is 10.2 Å². The van der Waals surface area contributed by atoms with Gasteiger partial charge in [-0.15, -0.1) is 0 Å². The highest BCUT2D eigenvalue weighted by molar-refractivity contribution is 7.55. The second-order valence-corrected chi connectivity index (χ2v) is 7.15. The molecule has 0 spiro atoms. The average Bonchev–Trinajstić information content (AvgIpc) is 2.52. The molecule has 3 N–H and O–H groups in total. The summed E-state index contributed by atoms with van der Waals surface area (Å²) in [4.78, 5) is 22.3. The topological polar surface area (TPSA) is 86.6 Å². The Labute approximate surface area is 142 Å². The van der Waals surface area contributed by atoms with Crippen molar-refractivity contribution in [2.24, 2.45) is 0 Å². The molecular weight excluding hydrogens is 313 g/mol. The van der Waals surface area contributed by atoms with Crippen molar-refractivity contribution in [3.63, 3.8) is 0 Å². The molecule has 0 heterocycles. The first-order chi connectivity index (χ1) is 11.1. The Morgan fingerprint density at radius 1 is 0.913 bits per heavy atom. The maximum Gasteiger partial charge on any atom is 0.323 e. The lowest BCUT2D eigenvalue weighted by molar-refractivity contribution is -0.139. The molecule has 0 aliphatic heterocycles. The summed E-state index contributed by atoms with van der Waals surface area (Å²) < 4.78 is 0. The predicted molar refractivity (Wildman–Crippen MR) is 96.0 cm³/mol. The van der Waals surface area contributed by atoms with E-state index in [1.54, 1.807) is 0 Å². The van der Waals surface area contributed by atoms with E-state index in [0.717, 1.165) is 12.8 Å². The van der Waals surface area contributed by atoms with Crippen LogP contribution < -0.4 is 5.09 Å². The Balaban J connectivity index is 3.34. The zero-order valence-corrected chi connectivity index (χ0v) is 15.5. The van der Waals surface area contributed by atoms with E-state index in [1.807, 2.05) is 0 Å². The Bertz CT molecular complexity index is 313. The number of carbonyl (C=O) groups excluding carboxylic acids is 1. The van der Waals surface area contributed by atoms with E-state index in [1.165, 1.54) is 57.8 Å². The number of hydrogen-bond acceptors (Lipinski definition) is 4. The number of carboxylic acids is 1. The zero-order chi connectivity index (χ0) is 17.3. The number of unbranched alkanes of at least 4 members (excludes halogenated alkanes) is 10. The van der Waals surface area contributed by atoms with Crippen LogP contribution in [0.5, 0.6) is 0 Å². The van der Waals surface area contributed by atoms with Crippen molar-refractivity contribution >= 4 is 20.2 Å². The zero-order valence-electron chi connectivity index (χ0n) is 14.5. The first-order valence-electron chi connectivity index (χ1n) is 8.99. The van der Waals surface area contributed by atoms with Crippen LogP contribution in [0, 0.1) is 0 Å². The highest BCUT2D eigenvalue weighted by Crippen LogP contribution is 2.15. The van der Waals surface area contributed by atoms with E-state index in [0.29, 0.717) is 6.42 Å². The lowest BCUT2D eigenvalue weighted by Crippen LogP contribution is -2.35. The molecule has 0 amide bonds. The van der Waals surface area contributed by atoms with E-state index in [4.69, 9.17) is 10.2 Å². The van der Waals surface area contributed by atoms with E-state index in [2.05, 4.69) is 12.0 Å².